The minimum atomic E-state index is 0. The Labute approximate surface area is 110 Å². The van der Waals surface area contributed by atoms with Gasteiger partial charge in [0.1, 0.15) is 0 Å². The lowest BCUT2D eigenvalue weighted by molar-refractivity contribution is 0.186. The fourth-order valence-corrected chi connectivity index (χ4v) is 1.36. The second kappa shape index (κ2) is 9.45. The number of hydrogen-bond acceptors (Lipinski definition) is 4. The van der Waals surface area contributed by atoms with E-state index in [1.807, 2.05) is 0 Å². The number of ether oxygens (including phenoxy) is 2. The first kappa shape index (κ1) is 18.8. The normalized spacial score (nSPS) is 36.8. The monoisotopic (exact) mass is 274 g/mol. The van der Waals surface area contributed by atoms with E-state index in [1.165, 1.54) is 0 Å². The first-order chi connectivity index (χ1) is 6.61. The van der Waals surface area contributed by atoms with Crippen LogP contribution in [-0.4, -0.2) is 38.5 Å². The van der Waals surface area contributed by atoms with Gasteiger partial charge in [-0.1, -0.05) is 13.8 Å². The van der Waals surface area contributed by atoms with Gasteiger partial charge in [0.25, 0.3) is 0 Å². The zero-order valence-electron chi connectivity index (χ0n) is 9.93. The Bertz CT molecular complexity index is 141. The highest BCUT2D eigenvalue weighted by atomic mass is 35.5. The molecule has 2 aliphatic rings. The van der Waals surface area contributed by atoms with Crippen LogP contribution in [0.3, 0.4) is 0 Å². The lowest BCUT2D eigenvalue weighted by atomic mass is 10.1. The summed E-state index contributed by atoms with van der Waals surface area (Å²) in [5, 5.41) is 0. The van der Waals surface area contributed by atoms with Crippen molar-refractivity contribution >= 4 is 24.8 Å². The summed E-state index contributed by atoms with van der Waals surface area (Å²) < 4.78 is 10.1. The molecule has 0 saturated carbocycles. The van der Waals surface area contributed by atoms with E-state index in [1.54, 1.807) is 0 Å². The molecule has 4 nitrogen and oxygen atoms in total. The van der Waals surface area contributed by atoms with E-state index in [-0.39, 0.29) is 24.8 Å². The largest absolute Gasteiger partial charge is 0.379 e. The molecule has 0 amide bonds. The Morgan fingerprint density at radius 1 is 0.750 bits per heavy atom. The summed E-state index contributed by atoms with van der Waals surface area (Å²) in [4.78, 5) is 0. The first-order valence-electron chi connectivity index (χ1n) is 5.28. The first-order valence-corrected chi connectivity index (χ1v) is 5.28. The SMILES string of the molecule is C[C@@H]1COC[C@H]1N.C[C@H]1COC[C@@H]1N.Cl.Cl. The van der Waals surface area contributed by atoms with Crippen molar-refractivity contribution in [1.82, 2.24) is 0 Å². The number of hydrogen-bond donors (Lipinski definition) is 2. The second-order valence-corrected chi connectivity index (χ2v) is 4.36. The lowest BCUT2D eigenvalue weighted by Crippen LogP contribution is -2.26. The molecule has 0 radical (unpaired) electrons. The number of nitrogens with two attached hydrogens (primary N) is 2. The van der Waals surface area contributed by atoms with Crippen molar-refractivity contribution in [2.45, 2.75) is 25.9 Å². The quantitative estimate of drug-likeness (QED) is 0.686. The fourth-order valence-electron chi connectivity index (χ4n) is 1.36. The van der Waals surface area contributed by atoms with E-state index in [9.17, 15) is 0 Å². The van der Waals surface area contributed by atoms with Gasteiger partial charge < -0.3 is 20.9 Å². The summed E-state index contributed by atoms with van der Waals surface area (Å²) in [6.45, 7) is 7.42. The van der Waals surface area contributed by atoms with Crippen LogP contribution in [0.1, 0.15) is 13.8 Å². The molecule has 0 unspecified atom stereocenters. The van der Waals surface area contributed by atoms with Crippen molar-refractivity contribution in [2.75, 3.05) is 26.4 Å². The highest BCUT2D eigenvalue weighted by molar-refractivity contribution is 5.85. The summed E-state index contributed by atoms with van der Waals surface area (Å²) >= 11 is 0. The molecule has 16 heavy (non-hydrogen) atoms. The third-order valence-electron chi connectivity index (χ3n) is 2.84. The van der Waals surface area contributed by atoms with Crippen LogP contribution in [0.15, 0.2) is 0 Å². The van der Waals surface area contributed by atoms with Crippen LogP contribution < -0.4 is 11.5 Å². The smallest absolute Gasteiger partial charge is 0.0621 e. The molecule has 0 spiro atoms. The van der Waals surface area contributed by atoms with Crippen LogP contribution in [0.5, 0.6) is 0 Å². The third-order valence-corrected chi connectivity index (χ3v) is 2.84. The predicted molar refractivity (Wildman–Crippen MR) is 70.4 cm³/mol. The summed E-state index contributed by atoms with van der Waals surface area (Å²) in [7, 11) is 0. The summed E-state index contributed by atoms with van der Waals surface area (Å²) in [5.74, 6) is 1.14. The maximum atomic E-state index is 5.55. The van der Waals surface area contributed by atoms with E-state index in [0.717, 1.165) is 26.4 Å². The molecule has 0 aromatic carbocycles. The van der Waals surface area contributed by atoms with Crippen LogP contribution in [-0.2, 0) is 9.47 Å². The van der Waals surface area contributed by atoms with Gasteiger partial charge in [-0.05, 0) is 11.8 Å². The highest BCUT2D eigenvalue weighted by Gasteiger charge is 2.19. The zero-order chi connectivity index (χ0) is 10.6. The Kier molecular flexibility index (Phi) is 11.1. The number of rotatable bonds is 0. The molecule has 2 fully saturated rings. The molecule has 0 aromatic heterocycles. The lowest BCUT2D eigenvalue weighted by Gasteiger charge is -2.02. The summed E-state index contributed by atoms with van der Waals surface area (Å²) in [6.07, 6.45) is 0. The predicted octanol–water partition coefficient (Wildman–Crippen LogP) is 0.804. The van der Waals surface area contributed by atoms with Gasteiger partial charge in [0.05, 0.1) is 26.4 Å². The molecule has 4 atom stereocenters. The van der Waals surface area contributed by atoms with Gasteiger partial charge in [-0.2, -0.15) is 0 Å². The van der Waals surface area contributed by atoms with Crippen molar-refractivity contribution in [3.63, 3.8) is 0 Å². The molecule has 2 rings (SSSR count). The Balaban J connectivity index is 0. The minimum absolute atomic E-state index is 0. The molecule has 2 aliphatic heterocycles. The molecule has 0 aliphatic carbocycles. The summed E-state index contributed by atoms with van der Waals surface area (Å²) in [5.41, 5.74) is 11.1. The molecular formula is C10H24Cl2N2O2. The fraction of sp³-hybridized carbons (Fsp3) is 1.00. The van der Waals surface area contributed by atoms with Gasteiger partial charge in [-0.3, -0.25) is 0 Å². The Hall–Kier alpha value is 0.420. The van der Waals surface area contributed by atoms with Gasteiger partial charge in [-0.25, -0.2) is 0 Å². The van der Waals surface area contributed by atoms with Gasteiger partial charge in [0.15, 0.2) is 0 Å². The summed E-state index contributed by atoms with van der Waals surface area (Å²) in [6, 6.07) is 0.583. The maximum absolute atomic E-state index is 5.55. The highest BCUT2D eigenvalue weighted by Crippen LogP contribution is 2.09. The molecule has 0 bridgehead atoms. The minimum Gasteiger partial charge on any atom is -0.379 e. The van der Waals surface area contributed by atoms with E-state index < -0.39 is 0 Å². The molecule has 0 aromatic rings. The van der Waals surface area contributed by atoms with Crippen molar-refractivity contribution in [1.29, 1.82) is 0 Å². The van der Waals surface area contributed by atoms with Crippen LogP contribution in [0.2, 0.25) is 0 Å². The van der Waals surface area contributed by atoms with E-state index in [0.29, 0.717) is 23.9 Å². The standard InChI is InChI=1S/2C5H11NO.2ClH/c2*1-4-2-7-3-5(4)6;;/h2*4-5H,2-3,6H2,1H3;2*1H/t2*4-,5-;;/m10../s1. The van der Waals surface area contributed by atoms with Gasteiger partial charge >= 0.3 is 0 Å². The molecule has 4 N–H and O–H groups in total. The molecule has 2 heterocycles. The van der Waals surface area contributed by atoms with E-state index >= 15 is 0 Å². The second-order valence-electron chi connectivity index (χ2n) is 4.36. The van der Waals surface area contributed by atoms with Gasteiger partial charge in [-0.15, -0.1) is 24.8 Å². The van der Waals surface area contributed by atoms with Crippen molar-refractivity contribution in [2.24, 2.45) is 23.3 Å². The Morgan fingerprint density at radius 3 is 1.12 bits per heavy atom. The van der Waals surface area contributed by atoms with Crippen LogP contribution >= 0.6 is 24.8 Å². The van der Waals surface area contributed by atoms with Gasteiger partial charge in [0.2, 0.25) is 0 Å². The van der Waals surface area contributed by atoms with E-state index in [4.69, 9.17) is 20.9 Å². The van der Waals surface area contributed by atoms with E-state index in [2.05, 4.69) is 13.8 Å². The van der Waals surface area contributed by atoms with Crippen LogP contribution in [0.25, 0.3) is 0 Å². The van der Waals surface area contributed by atoms with Crippen LogP contribution in [0, 0.1) is 11.8 Å². The van der Waals surface area contributed by atoms with Crippen molar-refractivity contribution in [3.8, 4) is 0 Å². The number of halogens is 2. The van der Waals surface area contributed by atoms with Crippen LogP contribution in [0.4, 0.5) is 0 Å². The zero-order valence-corrected chi connectivity index (χ0v) is 11.6. The maximum Gasteiger partial charge on any atom is 0.0621 e. The Morgan fingerprint density at radius 2 is 1.06 bits per heavy atom. The average molecular weight is 275 g/mol. The molecular weight excluding hydrogens is 251 g/mol. The van der Waals surface area contributed by atoms with Crippen molar-refractivity contribution in [3.05, 3.63) is 0 Å². The molecule has 100 valence electrons. The molecule has 2 saturated heterocycles. The molecule has 6 heteroatoms. The third kappa shape index (κ3) is 6.23. The van der Waals surface area contributed by atoms with Gasteiger partial charge in [0, 0.05) is 12.1 Å². The average Bonchev–Trinajstić information content (AvgIpc) is 2.67. The van der Waals surface area contributed by atoms with Crippen molar-refractivity contribution < 1.29 is 9.47 Å². The topological polar surface area (TPSA) is 70.5 Å².